The molecule has 2 rings (SSSR count). The summed E-state index contributed by atoms with van der Waals surface area (Å²) < 4.78 is 1.12. The number of thiophene rings is 1. The van der Waals surface area contributed by atoms with Gasteiger partial charge in [-0.15, -0.1) is 16.9 Å². The summed E-state index contributed by atoms with van der Waals surface area (Å²) in [6, 6.07) is 0. The van der Waals surface area contributed by atoms with Crippen molar-refractivity contribution >= 4 is 35.6 Å². The van der Waals surface area contributed by atoms with Crippen molar-refractivity contribution in [3.63, 3.8) is 0 Å². The third-order valence-electron chi connectivity index (χ3n) is 2.18. The van der Waals surface area contributed by atoms with Crippen LogP contribution in [0.2, 0.25) is 19.6 Å². The van der Waals surface area contributed by atoms with Gasteiger partial charge in [-0.25, -0.2) is 0 Å². The largest absolute Gasteiger partial charge is 0.157 e. The maximum Gasteiger partial charge on any atom is 0.129 e. The van der Waals surface area contributed by atoms with Crippen LogP contribution >= 0.6 is 11.3 Å². The van der Waals surface area contributed by atoms with Gasteiger partial charge in [0.25, 0.3) is 0 Å². The Labute approximate surface area is 106 Å². The van der Waals surface area contributed by atoms with Gasteiger partial charge >= 0.3 is 0 Å². The highest BCUT2D eigenvalue weighted by molar-refractivity contribution is 7.17. The van der Waals surface area contributed by atoms with Crippen LogP contribution < -0.4 is 0 Å². The SMILES string of the molecule is C=Cc1nncc2scc(C#C[Si](C)(C)C)c12. The zero-order valence-electron chi connectivity index (χ0n) is 10.2. The summed E-state index contributed by atoms with van der Waals surface area (Å²) in [7, 11) is -1.35. The number of fused-ring (bicyclic) bond motifs is 1. The van der Waals surface area contributed by atoms with E-state index in [0.717, 1.165) is 21.3 Å². The van der Waals surface area contributed by atoms with E-state index in [9.17, 15) is 0 Å². The molecule has 0 N–H and O–H groups in total. The summed E-state index contributed by atoms with van der Waals surface area (Å²) in [6.07, 6.45) is 3.52. The summed E-state index contributed by atoms with van der Waals surface area (Å²) >= 11 is 1.66. The number of rotatable bonds is 1. The third-order valence-corrected chi connectivity index (χ3v) is 3.97. The highest BCUT2D eigenvalue weighted by Gasteiger charge is 2.10. The molecule has 0 unspecified atom stereocenters. The summed E-state index contributed by atoms with van der Waals surface area (Å²) in [5, 5.41) is 11.2. The topological polar surface area (TPSA) is 25.8 Å². The Morgan fingerprint density at radius 1 is 1.41 bits per heavy atom. The molecule has 0 amide bonds. The van der Waals surface area contributed by atoms with Gasteiger partial charge in [0, 0.05) is 16.3 Å². The lowest BCUT2D eigenvalue weighted by Crippen LogP contribution is -2.16. The van der Waals surface area contributed by atoms with Crippen LogP contribution in [-0.2, 0) is 0 Å². The van der Waals surface area contributed by atoms with Crippen molar-refractivity contribution in [3.8, 4) is 11.5 Å². The molecule has 2 nitrogen and oxygen atoms in total. The molecule has 0 aliphatic carbocycles. The van der Waals surface area contributed by atoms with Gasteiger partial charge < -0.3 is 0 Å². The van der Waals surface area contributed by atoms with E-state index in [4.69, 9.17) is 0 Å². The van der Waals surface area contributed by atoms with E-state index in [1.54, 1.807) is 23.6 Å². The van der Waals surface area contributed by atoms with Crippen LogP contribution in [0.1, 0.15) is 11.3 Å². The van der Waals surface area contributed by atoms with Crippen LogP contribution in [0.25, 0.3) is 16.2 Å². The Morgan fingerprint density at radius 2 is 2.18 bits per heavy atom. The molecule has 0 aliphatic rings. The lowest BCUT2D eigenvalue weighted by Gasteiger charge is -2.03. The first-order valence-corrected chi connectivity index (χ1v) is 9.78. The maximum atomic E-state index is 4.08. The number of aromatic nitrogens is 2. The van der Waals surface area contributed by atoms with Crippen LogP contribution in [-0.4, -0.2) is 18.3 Å². The van der Waals surface area contributed by atoms with E-state index < -0.39 is 8.07 Å². The van der Waals surface area contributed by atoms with Crippen molar-refractivity contribution in [1.29, 1.82) is 0 Å². The Morgan fingerprint density at radius 3 is 2.82 bits per heavy atom. The molecule has 0 fully saturated rings. The van der Waals surface area contributed by atoms with Crippen LogP contribution in [0.3, 0.4) is 0 Å². The molecule has 0 atom stereocenters. The quantitative estimate of drug-likeness (QED) is 0.577. The van der Waals surface area contributed by atoms with Gasteiger partial charge in [-0.05, 0) is 6.08 Å². The zero-order valence-corrected chi connectivity index (χ0v) is 12.1. The van der Waals surface area contributed by atoms with Crippen LogP contribution in [0, 0.1) is 11.5 Å². The Hall–Kier alpha value is -1.44. The van der Waals surface area contributed by atoms with E-state index >= 15 is 0 Å². The second kappa shape index (κ2) is 4.44. The lowest BCUT2D eigenvalue weighted by atomic mass is 10.2. The molecule has 0 saturated heterocycles. The summed E-state index contributed by atoms with van der Waals surface area (Å²) in [4.78, 5) is 0. The van der Waals surface area contributed by atoms with Crippen molar-refractivity contribution < 1.29 is 0 Å². The fourth-order valence-corrected chi connectivity index (χ4v) is 2.79. The van der Waals surface area contributed by atoms with Gasteiger partial charge in [-0.2, -0.15) is 10.2 Å². The third kappa shape index (κ3) is 2.63. The molecule has 17 heavy (non-hydrogen) atoms. The zero-order chi connectivity index (χ0) is 12.5. The molecule has 0 radical (unpaired) electrons. The molecule has 2 aromatic rings. The molecular weight excluding hydrogens is 244 g/mol. The molecule has 2 aromatic heterocycles. The van der Waals surface area contributed by atoms with E-state index in [1.807, 2.05) is 0 Å². The second-order valence-electron chi connectivity index (χ2n) is 4.82. The minimum atomic E-state index is -1.35. The van der Waals surface area contributed by atoms with E-state index in [1.165, 1.54) is 0 Å². The first-order chi connectivity index (χ1) is 8.01. The van der Waals surface area contributed by atoms with Gasteiger partial charge in [0.15, 0.2) is 0 Å². The Bertz CT molecular complexity index is 626. The van der Waals surface area contributed by atoms with Crippen molar-refractivity contribution in [1.82, 2.24) is 10.2 Å². The van der Waals surface area contributed by atoms with Crippen molar-refractivity contribution in [3.05, 3.63) is 29.4 Å². The smallest absolute Gasteiger partial charge is 0.129 e. The molecule has 0 aliphatic heterocycles. The molecule has 0 bridgehead atoms. The Balaban J connectivity index is 2.62. The minimum absolute atomic E-state index is 0.823. The van der Waals surface area contributed by atoms with Gasteiger partial charge in [0.05, 0.1) is 16.6 Å². The monoisotopic (exact) mass is 258 g/mol. The lowest BCUT2D eigenvalue weighted by molar-refractivity contribution is 1.04. The minimum Gasteiger partial charge on any atom is -0.157 e. The molecule has 86 valence electrons. The predicted octanol–water partition coefficient (Wildman–Crippen LogP) is 3.56. The average molecular weight is 258 g/mol. The van der Waals surface area contributed by atoms with E-state index in [-0.39, 0.29) is 0 Å². The van der Waals surface area contributed by atoms with Gasteiger partial charge in [0.2, 0.25) is 0 Å². The van der Waals surface area contributed by atoms with E-state index in [2.05, 4.69) is 53.3 Å². The highest BCUT2D eigenvalue weighted by Crippen LogP contribution is 2.27. The maximum absolute atomic E-state index is 4.08. The van der Waals surface area contributed by atoms with Gasteiger partial charge in [-0.3, -0.25) is 0 Å². The fraction of sp³-hybridized carbons (Fsp3) is 0.231. The molecular formula is C13H14N2SSi. The first-order valence-electron chi connectivity index (χ1n) is 5.40. The number of hydrogen-bond acceptors (Lipinski definition) is 3. The van der Waals surface area contributed by atoms with Crippen LogP contribution in [0.5, 0.6) is 0 Å². The number of nitrogens with zero attached hydrogens (tertiary/aromatic N) is 2. The highest BCUT2D eigenvalue weighted by atomic mass is 32.1. The van der Waals surface area contributed by atoms with Crippen molar-refractivity contribution in [2.75, 3.05) is 0 Å². The predicted molar refractivity (Wildman–Crippen MR) is 77.7 cm³/mol. The summed E-state index contributed by atoms with van der Waals surface area (Å²) in [6.45, 7) is 10.5. The van der Waals surface area contributed by atoms with Gasteiger partial charge in [-0.1, -0.05) is 32.1 Å². The summed E-state index contributed by atoms with van der Waals surface area (Å²) in [5.74, 6) is 3.29. The standard InChI is InChI=1S/C13H14N2SSi/c1-5-11-13-10(6-7-17(2,3)4)9-16-12(13)8-14-15-11/h5,8-9H,1H2,2-4H3. The Kier molecular flexibility index (Phi) is 3.14. The molecule has 0 aromatic carbocycles. The van der Waals surface area contributed by atoms with Crippen molar-refractivity contribution in [2.24, 2.45) is 0 Å². The summed E-state index contributed by atoms with van der Waals surface area (Å²) in [5.41, 5.74) is 5.26. The van der Waals surface area contributed by atoms with E-state index in [0.29, 0.717) is 0 Å². The first kappa shape index (κ1) is 12.0. The average Bonchev–Trinajstić information content (AvgIpc) is 2.68. The normalized spacial score (nSPS) is 11.0. The molecule has 0 spiro atoms. The molecule has 2 heterocycles. The van der Waals surface area contributed by atoms with Crippen LogP contribution in [0.4, 0.5) is 0 Å². The van der Waals surface area contributed by atoms with Crippen LogP contribution in [0.15, 0.2) is 18.2 Å². The van der Waals surface area contributed by atoms with Gasteiger partial charge in [0.1, 0.15) is 8.07 Å². The van der Waals surface area contributed by atoms with Crippen molar-refractivity contribution in [2.45, 2.75) is 19.6 Å². The number of hydrogen-bond donors (Lipinski definition) is 0. The fourth-order valence-electron chi connectivity index (χ4n) is 1.42. The molecule has 0 saturated carbocycles. The molecule has 4 heteroatoms. The second-order valence-corrected chi connectivity index (χ2v) is 10.5.